The zero-order chi connectivity index (χ0) is 14.7. The Labute approximate surface area is 113 Å². The maximum atomic E-state index is 12.2. The molecule has 1 atom stereocenters. The van der Waals surface area contributed by atoms with Crippen molar-refractivity contribution in [2.24, 2.45) is 5.92 Å². The van der Waals surface area contributed by atoms with Gasteiger partial charge in [-0.3, -0.25) is 9.59 Å². The third kappa shape index (κ3) is 3.59. The molecule has 1 aromatic rings. The van der Waals surface area contributed by atoms with Crippen LogP contribution in [0.5, 0.6) is 0 Å². The number of aryl methyl sites for hydroxylation is 1. The molecular formula is C14H21NO4. The average Bonchev–Trinajstić information content (AvgIpc) is 2.70. The van der Waals surface area contributed by atoms with Crippen LogP contribution < -0.4 is 0 Å². The first-order valence-corrected chi connectivity index (χ1v) is 6.32. The SMILES string of the molecule is Cc1oc(C(C)C)cc1C(=O)N(C)CC(C)C(=O)O. The molecule has 0 radical (unpaired) electrons. The van der Waals surface area contributed by atoms with Gasteiger partial charge in [0.05, 0.1) is 11.5 Å². The predicted octanol–water partition coefficient (Wildman–Crippen LogP) is 2.50. The lowest BCUT2D eigenvalue weighted by molar-refractivity contribution is -0.141. The molecule has 1 heterocycles. The van der Waals surface area contributed by atoms with Gasteiger partial charge in [0.1, 0.15) is 11.5 Å². The fourth-order valence-corrected chi connectivity index (χ4v) is 1.78. The second kappa shape index (κ2) is 5.91. The average molecular weight is 267 g/mol. The highest BCUT2D eigenvalue weighted by molar-refractivity contribution is 5.95. The summed E-state index contributed by atoms with van der Waals surface area (Å²) in [6.07, 6.45) is 0. The van der Waals surface area contributed by atoms with E-state index in [-0.39, 0.29) is 18.4 Å². The van der Waals surface area contributed by atoms with Gasteiger partial charge in [0.15, 0.2) is 0 Å². The summed E-state index contributed by atoms with van der Waals surface area (Å²) in [5.41, 5.74) is 0.504. The molecule has 106 valence electrons. The van der Waals surface area contributed by atoms with Crippen molar-refractivity contribution in [2.45, 2.75) is 33.6 Å². The predicted molar refractivity (Wildman–Crippen MR) is 71.3 cm³/mol. The van der Waals surface area contributed by atoms with Crippen molar-refractivity contribution >= 4 is 11.9 Å². The maximum absolute atomic E-state index is 12.2. The number of amides is 1. The van der Waals surface area contributed by atoms with E-state index in [4.69, 9.17) is 9.52 Å². The number of aliphatic carboxylic acids is 1. The first kappa shape index (κ1) is 15.3. The molecular weight excluding hydrogens is 246 g/mol. The minimum Gasteiger partial charge on any atom is -0.481 e. The Morgan fingerprint density at radius 3 is 2.37 bits per heavy atom. The normalized spacial score (nSPS) is 12.5. The monoisotopic (exact) mass is 267 g/mol. The van der Waals surface area contributed by atoms with Crippen LogP contribution in [0.1, 0.15) is 48.6 Å². The van der Waals surface area contributed by atoms with Crippen LogP contribution in [0.4, 0.5) is 0 Å². The molecule has 0 aliphatic heterocycles. The number of carboxylic acid groups (broad SMARTS) is 1. The van der Waals surface area contributed by atoms with Crippen molar-refractivity contribution in [1.29, 1.82) is 0 Å². The lowest BCUT2D eigenvalue weighted by Gasteiger charge is -2.18. The van der Waals surface area contributed by atoms with Crippen LogP contribution in [0.15, 0.2) is 10.5 Å². The second-order valence-corrected chi connectivity index (χ2v) is 5.20. The van der Waals surface area contributed by atoms with E-state index in [1.807, 2.05) is 13.8 Å². The van der Waals surface area contributed by atoms with Gasteiger partial charge < -0.3 is 14.4 Å². The van der Waals surface area contributed by atoms with Gasteiger partial charge in [0, 0.05) is 19.5 Å². The Bertz CT molecular complexity index is 476. The Morgan fingerprint density at radius 2 is 1.95 bits per heavy atom. The van der Waals surface area contributed by atoms with Gasteiger partial charge >= 0.3 is 5.97 Å². The zero-order valence-electron chi connectivity index (χ0n) is 12.1. The molecule has 0 fully saturated rings. The van der Waals surface area contributed by atoms with Crippen molar-refractivity contribution in [3.05, 3.63) is 23.2 Å². The number of carbonyl (C=O) groups excluding carboxylic acids is 1. The van der Waals surface area contributed by atoms with Crippen LogP contribution in [0.3, 0.4) is 0 Å². The summed E-state index contributed by atoms with van der Waals surface area (Å²) in [4.78, 5) is 24.4. The van der Waals surface area contributed by atoms with Crippen molar-refractivity contribution in [2.75, 3.05) is 13.6 Å². The van der Waals surface area contributed by atoms with E-state index in [9.17, 15) is 9.59 Å². The summed E-state index contributed by atoms with van der Waals surface area (Å²) < 4.78 is 5.54. The number of hydrogen-bond acceptors (Lipinski definition) is 3. The molecule has 5 heteroatoms. The summed E-state index contributed by atoms with van der Waals surface area (Å²) in [6.45, 7) is 7.47. The number of hydrogen-bond donors (Lipinski definition) is 1. The highest BCUT2D eigenvalue weighted by atomic mass is 16.4. The summed E-state index contributed by atoms with van der Waals surface area (Å²) in [5.74, 6) is -0.161. The van der Waals surface area contributed by atoms with E-state index in [0.29, 0.717) is 11.3 Å². The van der Waals surface area contributed by atoms with Gasteiger partial charge in [0.2, 0.25) is 0 Å². The van der Waals surface area contributed by atoms with Crippen LogP contribution >= 0.6 is 0 Å². The van der Waals surface area contributed by atoms with Gasteiger partial charge in [-0.05, 0) is 13.0 Å². The van der Waals surface area contributed by atoms with Crippen LogP contribution in [0, 0.1) is 12.8 Å². The number of rotatable bonds is 5. The molecule has 1 amide bonds. The Morgan fingerprint density at radius 1 is 1.37 bits per heavy atom. The molecule has 1 rings (SSSR count). The van der Waals surface area contributed by atoms with E-state index < -0.39 is 11.9 Å². The topological polar surface area (TPSA) is 70.8 Å². The molecule has 1 unspecified atom stereocenters. The summed E-state index contributed by atoms with van der Waals surface area (Å²) >= 11 is 0. The van der Waals surface area contributed by atoms with Crippen molar-refractivity contribution < 1.29 is 19.1 Å². The molecule has 0 aliphatic carbocycles. The highest BCUT2D eigenvalue weighted by Crippen LogP contribution is 2.22. The third-order valence-electron chi connectivity index (χ3n) is 3.05. The lowest BCUT2D eigenvalue weighted by atomic mass is 10.1. The molecule has 5 nitrogen and oxygen atoms in total. The fraction of sp³-hybridized carbons (Fsp3) is 0.571. The summed E-state index contributed by atoms with van der Waals surface area (Å²) in [7, 11) is 1.60. The Kier molecular flexibility index (Phi) is 4.75. The van der Waals surface area contributed by atoms with Gasteiger partial charge in [0.25, 0.3) is 5.91 Å². The molecule has 1 N–H and O–H groups in total. The van der Waals surface area contributed by atoms with Crippen molar-refractivity contribution in [1.82, 2.24) is 4.90 Å². The molecule has 0 saturated heterocycles. The van der Waals surface area contributed by atoms with Crippen LogP contribution in [-0.4, -0.2) is 35.5 Å². The van der Waals surface area contributed by atoms with Gasteiger partial charge in [-0.2, -0.15) is 0 Å². The van der Waals surface area contributed by atoms with Gasteiger partial charge in [-0.1, -0.05) is 20.8 Å². The second-order valence-electron chi connectivity index (χ2n) is 5.20. The molecule has 0 saturated carbocycles. The summed E-state index contributed by atoms with van der Waals surface area (Å²) in [6, 6.07) is 1.74. The first-order chi connectivity index (χ1) is 8.73. The maximum Gasteiger partial charge on any atom is 0.308 e. The third-order valence-corrected chi connectivity index (χ3v) is 3.05. The molecule has 0 aromatic carbocycles. The summed E-state index contributed by atoms with van der Waals surface area (Å²) in [5, 5.41) is 8.86. The van der Waals surface area contributed by atoms with Crippen molar-refractivity contribution in [3.63, 3.8) is 0 Å². The van der Waals surface area contributed by atoms with E-state index in [1.54, 1.807) is 27.0 Å². The highest BCUT2D eigenvalue weighted by Gasteiger charge is 2.22. The van der Waals surface area contributed by atoms with E-state index >= 15 is 0 Å². The minimum atomic E-state index is -0.911. The number of carboxylic acids is 1. The van der Waals surface area contributed by atoms with Gasteiger partial charge in [-0.25, -0.2) is 0 Å². The molecule has 19 heavy (non-hydrogen) atoms. The smallest absolute Gasteiger partial charge is 0.308 e. The van der Waals surface area contributed by atoms with Crippen LogP contribution in [-0.2, 0) is 4.79 Å². The Balaban J connectivity index is 2.85. The zero-order valence-corrected chi connectivity index (χ0v) is 12.1. The largest absolute Gasteiger partial charge is 0.481 e. The van der Waals surface area contributed by atoms with Gasteiger partial charge in [-0.15, -0.1) is 0 Å². The van der Waals surface area contributed by atoms with E-state index in [2.05, 4.69) is 0 Å². The van der Waals surface area contributed by atoms with Crippen LogP contribution in [0.25, 0.3) is 0 Å². The molecule has 1 aromatic heterocycles. The first-order valence-electron chi connectivity index (χ1n) is 6.32. The van der Waals surface area contributed by atoms with Crippen LogP contribution in [0.2, 0.25) is 0 Å². The number of carbonyl (C=O) groups is 2. The molecule has 0 aliphatic rings. The number of nitrogens with zero attached hydrogens (tertiary/aromatic N) is 1. The standard InChI is InChI=1S/C14H21NO4/c1-8(2)12-6-11(10(4)19-12)13(16)15(5)7-9(3)14(17)18/h6,8-9H,7H2,1-5H3,(H,17,18). The quantitative estimate of drug-likeness (QED) is 0.889. The molecule has 0 spiro atoms. The lowest BCUT2D eigenvalue weighted by Crippen LogP contribution is -2.33. The van der Waals surface area contributed by atoms with E-state index in [1.165, 1.54) is 4.90 Å². The van der Waals surface area contributed by atoms with E-state index in [0.717, 1.165) is 5.76 Å². The minimum absolute atomic E-state index is 0.176. The fourth-order valence-electron chi connectivity index (χ4n) is 1.78. The van der Waals surface area contributed by atoms with Crippen molar-refractivity contribution in [3.8, 4) is 0 Å². The molecule has 0 bridgehead atoms. The number of furan rings is 1. The Hall–Kier alpha value is -1.78.